The molecule has 2 aromatic heterocycles. The second-order valence-corrected chi connectivity index (χ2v) is 6.65. The summed E-state index contributed by atoms with van der Waals surface area (Å²) < 4.78 is 3.77. The Hall–Kier alpha value is -2.99. The van der Waals surface area contributed by atoms with E-state index in [1.165, 1.54) is 0 Å². The Kier molecular flexibility index (Phi) is 4.26. The van der Waals surface area contributed by atoms with Gasteiger partial charge in [0.1, 0.15) is 5.52 Å². The van der Waals surface area contributed by atoms with E-state index in [1.807, 2.05) is 59.3 Å². The van der Waals surface area contributed by atoms with Gasteiger partial charge in [-0.15, -0.1) is 10.2 Å². The molecule has 0 unspecified atom stereocenters. The molecule has 0 fully saturated rings. The largest absolute Gasteiger partial charge is 0.309 e. The number of benzene rings is 2. The normalized spacial score (nSPS) is 11.7. The number of hydrogen-bond donors (Lipinski definition) is 0. The van der Waals surface area contributed by atoms with Crippen molar-refractivity contribution in [2.45, 2.75) is 13.0 Å². The van der Waals surface area contributed by atoms with Crippen molar-refractivity contribution in [3.8, 4) is 5.69 Å². The van der Waals surface area contributed by atoms with Gasteiger partial charge in [-0.3, -0.25) is 9.48 Å². The average Bonchev–Trinajstić information content (AvgIpc) is 2.94. The van der Waals surface area contributed by atoms with Crippen LogP contribution in [0.5, 0.6) is 0 Å². The Morgan fingerprint density at radius 1 is 0.962 bits per heavy atom. The van der Waals surface area contributed by atoms with Gasteiger partial charge < -0.3 is 4.90 Å². The van der Waals surface area contributed by atoms with Crippen molar-refractivity contribution in [2.75, 3.05) is 20.6 Å². The van der Waals surface area contributed by atoms with Gasteiger partial charge in [0.2, 0.25) is 0 Å². The van der Waals surface area contributed by atoms with Crippen molar-refractivity contribution in [3.05, 3.63) is 65.0 Å². The van der Waals surface area contributed by atoms with E-state index in [4.69, 9.17) is 0 Å². The predicted molar refractivity (Wildman–Crippen MR) is 104 cm³/mol. The number of fused-ring (bicyclic) bond motifs is 3. The maximum atomic E-state index is 13.1. The van der Waals surface area contributed by atoms with Crippen molar-refractivity contribution in [1.82, 2.24) is 24.5 Å². The zero-order valence-corrected chi connectivity index (χ0v) is 15.0. The molecule has 0 atom stereocenters. The summed E-state index contributed by atoms with van der Waals surface area (Å²) in [6.07, 6.45) is 0.930. The molecule has 4 aromatic rings. The van der Waals surface area contributed by atoms with E-state index in [9.17, 15) is 4.79 Å². The van der Waals surface area contributed by atoms with E-state index in [2.05, 4.69) is 29.2 Å². The lowest BCUT2D eigenvalue weighted by molar-refractivity contribution is 0.377. The van der Waals surface area contributed by atoms with E-state index in [0.29, 0.717) is 5.52 Å². The number of aryl methyl sites for hydroxylation is 1. The number of nitrogens with zero attached hydrogens (tertiary/aromatic N) is 5. The molecule has 0 N–H and O–H groups in total. The first-order chi connectivity index (χ1) is 12.7. The average molecular weight is 347 g/mol. The van der Waals surface area contributed by atoms with Crippen LogP contribution in [0.15, 0.2) is 59.4 Å². The highest BCUT2D eigenvalue weighted by Gasteiger charge is 2.18. The van der Waals surface area contributed by atoms with Gasteiger partial charge in [-0.05, 0) is 45.3 Å². The van der Waals surface area contributed by atoms with Crippen molar-refractivity contribution in [2.24, 2.45) is 0 Å². The zero-order chi connectivity index (χ0) is 18.1. The second kappa shape index (κ2) is 6.72. The highest BCUT2D eigenvalue weighted by Crippen LogP contribution is 2.22. The van der Waals surface area contributed by atoms with Crippen molar-refractivity contribution < 1.29 is 0 Å². The van der Waals surface area contributed by atoms with Crippen LogP contribution in [0.2, 0.25) is 0 Å². The molecule has 0 aliphatic carbocycles. The molecule has 26 heavy (non-hydrogen) atoms. The van der Waals surface area contributed by atoms with Gasteiger partial charge in [0.25, 0.3) is 5.56 Å². The van der Waals surface area contributed by atoms with Gasteiger partial charge in [0.05, 0.1) is 11.2 Å². The minimum atomic E-state index is -0.130. The molecule has 6 nitrogen and oxygen atoms in total. The molecule has 0 radical (unpaired) electrons. The molecular weight excluding hydrogens is 326 g/mol. The van der Waals surface area contributed by atoms with E-state index >= 15 is 0 Å². The summed E-state index contributed by atoms with van der Waals surface area (Å²) in [6.45, 7) is 1.67. The molecule has 0 saturated heterocycles. The number of aromatic nitrogens is 4. The lowest BCUT2D eigenvalue weighted by Gasteiger charge is -2.15. The highest BCUT2D eigenvalue weighted by molar-refractivity contribution is 6.01. The fourth-order valence-electron chi connectivity index (χ4n) is 3.33. The Labute approximate surface area is 151 Å². The smallest absolute Gasteiger partial charge is 0.299 e. The lowest BCUT2D eigenvalue weighted by atomic mass is 10.2. The van der Waals surface area contributed by atoms with E-state index in [1.54, 1.807) is 4.68 Å². The first-order valence-electron chi connectivity index (χ1n) is 8.74. The van der Waals surface area contributed by atoms with Crippen LogP contribution in [-0.2, 0) is 6.54 Å². The monoisotopic (exact) mass is 347 g/mol. The summed E-state index contributed by atoms with van der Waals surface area (Å²) in [6, 6.07) is 17.5. The quantitative estimate of drug-likeness (QED) is 0.557. The van der Waals surface area contributed by atoms with Gasteiger partial charge in [-0.2, -0.15) is 0 Å². The summed E-state index contributed by atoms with van der Waals surface area (Å²) >= 11 is 0. The Morgan fingerprint density at radius 2 is 1.69 bits per heavy atom. The van der Waals surface area contributed by atoms with Crippen molar-refractivity contribution >= 4 is 21.9 Å². The topological polar surface area (TPSA) is 56.0 Å². The molecule has 0 amide bonds. The zero-order valence-electron chi connectivity index (χ0n) is 15.0. The summed E-state index contributed by atoms with van der Waals surface area (Å²) in [5.41, 5.74) is 2.77. The molecule has 0 spiro atoms. The van der Waals surface area contributed by atoms with Crippen LogP contribution < -0.4 is 5.56 Å². The van der Waals surface area contributed by atoms with Crippen molar-refractivity contribution in [3.63, 3.8) is 0 Å². The third kappa shape index (κ3) is 2.78. The fourth-order valence-corrected chi connectivity index (χ4v) is 3.33. The first-order valence-corrected chi connectivity index (χ1v) is 8.74. The SMILES string of the molecule is CN(C)CCCn1c2c(nnc3ccccc32)c(=O)n1-c1ccccc1. The first kappa shape index (κ1) is 16.5. The third-order valence-electron chi connectivity index (χ3n) is 4.51. The fraction of sp³-hybridized carbons (Fsp3) is 0.250. The Bertz CT molecular complexity index is 1110. The second-order valence-electron chi connectivity index (χ2n) is 6.65. The number of rotatable bonds is 5. The molecule has 0 aliphatic heterocycles. The van der Waals surface area contributed by atoms with Crippen LogP contribution in [0.1, 0.15) is 6.42 Å². The number of hydrogen-bond acceptors (Lipinski definition) is 4. The van der Waals surface area contributed by atoms with Crippen LogP contribution in [0.25, 0.3) is 27.6 Å². The minimum Gasteiger partial charge on any atom is -0.309 e. The molecule has 0 aliphatic rings. The molecule has 2 heterocycles. The van der Waals surface area contributed by atoms with Gasteiger partial charge in [0.15, 0.2) is 5.52 Å². The Morgan fingerprint density at radius 3 is 2.46 bits per heavy atom. The predicted octanol–water partition coefficient (Wildman–Crippen LogP) is 2.69. The van der Waals surface area contributed by atoms with Gasteiger partial charge in [-0.1, -0.05) is 36.4 Å². The van der Waals surface area contributed by atoms with Crippen LogP contribution in [0, 0.1) is 0 Å². The van der Waals surface area contributed by atoms with E-state index < -0.39 is 0 Å². The molecule has 4 rings (SSSR count). The standard InChI is InChI=1S/C20H21N5O/c1-23(2)13-8-14-24-19-16-11-6-7-12-17(16)21-22-18(19)20(26)25(24)15-9-4-3-5-10-15/h3-7,9-12H,8,13-14H2,1-2H3. The molecule has 6 heteroatoms. The number of para-hydroxylation sites is 1. The maximum Gasteiger partial charge on any atom is 0.299 e. The molecule has 0 saturated carbocycles. The summed E-state index contributed by atoms with van der Waals surface area (Å²) in [5.74, 6) is 0. The third-order valence-corrected chi connectivity index (χ3v) is 4.51. The molecule has 2 aromatic carbocycles. The van der Waals surface area contributed by atoms with Gasteiger partial charge in [-0.25, -0.2) is 4.68 Å². The summed E-state index contributed by atoms with van der Waals surface area (Å²) in [7, 11) is 4.11. The lowest BCUT2D eigenvalue weighted by Crippen LogP contribution is -2.23. The minimum absolute atomic E-state index is 0.130. The van der Waals surface area contributed by atoms with E-state index in [-0.39, 0.29) is 5.56 Å². The van der Waals surface area contributed by atoms with Crippen LogP contribution in [-0.4, -0.2) is 45.1 Å². The summed E-state index contributed by atoms with van der Waals surface area (Å²) in [4.78, 5) is 15.3. The molecule has 132 valence electrons. The molecule has 0 bridgehead atoms. The van der Waals surface area contributed by atoms with Crippen molar-refractivity contribution in [1.29, 1.82) is 0 Å². The Balaban J connectivity index is 2.01. The highest BCUT2D eigenvalue weighted by atomic mass is 16.1. The molecular formula is C20H21N5O. The summed E-state index contributed by atoms with van der Waals surface area (Å²) in [5, 5.41) is 9.44. The van der Waals surface area contributed by atoms with Gasteiger partial charge in [0, 0.05) is 11.9 Å². The maximum absolute atomic E-state index is 13.1. The van der Waals surface area contributed by atoms with Gasteiger partial charge >= 0.3 is 0 Å². The van der Waals surface area contributed by atoms with Crippen LogP contribution >= 0.6 is 0 Å². The van der Waals surface area contributed by atoms with E-state index in [0.717, 1.165) is 41.6 Å². The van der Waals surface area contributed by atoms with Crippen LogP contribution in [0.4, 0.5) is 0 Å². The van der Waals surface area contributed by atoms with Crippen LogP contribution in [0.3, 0.4) is 0 Å².